The van der Waals surface area contributed by atoms with Gasteiger partial charge >= 0.3 is 6.18 Å². The summed E-state index contributed by atoms with van der Waals surface area (Å²) in [6, 6.07) is 11.3. The molecule has 2 aromatic carbocycles. The van der Waals surface area contributed by atoms with Gasteiger partial charge in [-0.2, -0.15) is 13.2 Å². The molecule has 0 bridgehead atoms. The summed E-state index contributed by atoms with van der Waals surface area (Å²) in [6.07, 6.45) is -1.44. The first-order valence-corrected chi connectivity index (χ1v) is 13.8. The molecule has 1 saturated heterocycles. The van der Waals surface area contributed by atoms with Gasteiger partial charge in [0.05, 0.1) is 5.56 Å². The summed E-state index contributed by atoms with van der Waals surface area (Å²) in [5, 5.41) is 7.16. The summed E-state index contributed by atoms with van der Waals surface area (Å²) >= 11 is 6.01. The molecule has 2 aromatic rings. The second kappa shape index (κ2) is 12.3. The maximum absolute atomic E-state index is 13.3. The van der Waals surface area contributed by atoms with E-state index in [2.05, 4.69) is 34.6 Å². The van der Waals surface area contributed by atoms with Crippen LogP contribution in [0.25, 0.3) is 0 Å². The van der Waals surface area contributed by atoms with Crippen LogP contribution in [0.4, 0.5) is 13.2 Å². The van der Waals surface area contributed by atoms with Crippen LogP contribution in [0.1, 0.15) is 60.0 Å². The molecule has 1 saturated carbocycles. The van der Waals surface area contributed by atoms with E-state index in [0.29, 0.717) is 31.8 Å². The van der Waals surface area contributed by atoms with Gasteiger partial charge in [0.25, 0.3) is 5.91 Å². The average molecular weight is 565 g/mol. The maximum atomic E-state index is 13.3. The number of piperazine rings is 1. The number of amides is 2. The minimum absolute atomic E-state index is 0.0275. The Morgan fingerprint density at radius 2 is 1.67 bits per heavy atom. The minimum Gasteiger partial charge on any atom is -0.340 e. The molecule has 1 aliphatic heterocycles. The second-order valence-corrected chi connectivity index (χ2v) is 11.3. The number of carbonyl (C=O) groups is 2. The van der Waals surface area contributed by atoms with Crippen molar-refractivity contribution in [3.63, 3.8) is 0 Å². The molecule has 2 amide bonds. The van der Waals surface area contributed by atoms with Gasteiger partial charge in [-0.15, -0.1) is 0 Å². The number of alkyl halides is 3. The Bertz CT molecular complexity index is 1130. The lowest BCUT2D eigenvalue weighted by Gasteiger charge is -2.35. The number of unbranched alkanes of at least 4 members (excludes halogenated alkanes) is 1. The van der Waals surface area contributed by atoms with Crippen LogP contribution < -0.4 is 10.6 Å². The molecule has 2 aliphatic rings. The van der Waals surface area contributed by atoms with Crippen molar-refractivity contribution in [3.05, 3.63) is 70.2 Å². The maximum Gasteiger partial charge on any atom is 0.416 e. The molecule has 39 heavy (non-hydrogen) atoms. The summed E-state index contributed by atoms with van der Waals surface area (Å²) < 4.78 is 38.7. The van der Waals surface area contributed by atoms with Crippen molar-refractivity contribution in [1.82, 2.24) is 20.4 Å². The van der Waals surface area contributed by atoms with Crippen LogP contribution in [-0.2, 0) is 11.0 Å². The molecule has 4 rings (SSSR count). The molecular weight excluding hydrogens is 529 g/mol. The van der Waals surface area contributed by atoms with Crippen LogP contribution in [0.2, 0.25) is 5.02 Å². The molecular formula is C29H36ClF3N4O2. The average Bonchev–Trinajstić information content (AvgIpc) is 3.58. The molecule has 1 heterocycles. The summed E-state index contributed by atoms with van der Waals surface area (Å²) in [5.74, 6) is -0.261. The Labute approximate surface area is 232 Å². The number of rotatable bonds is 10. The highest BCUT2D eigenvalue weighted by atomic mass is 35.5. The highest BCUT2D eigenvalue weighted by Crippen LogP contribution is 2.51. The monoisotopic (exact) mass is 564 g/mol. The SMILES string of the molecule is CN1CCN(C(=O)[C@H](CCCCN[C@]2(C)C[C@H]2c2ccc(Cl)cc2)NC(=O)c2ccc(C(F)(F)F)cc2)CC1. The largest absolute Gasteiger partial charge is 0.416 e. The van der Waals surface area contributed by atoms with Crippen LogP contribution >= 0.6 is 11.6 Å². The van der Waals surface area contributed by atoms with Crippen molar-refractivity contribution < 1.29 is 22.8 Å². The van der Waals surface area contributed by atoms with E-state index in [0.717, 1.165) is 61.8 Å². The normalized spacial score (nSPS) is 22.4. The Hall–Kier alpha value is -2.62. The van der Waals surface area contributed by atoms with Gasteiger partial charge in [-0.05, 0) is 88.2 Å². The standard InChI is InChI=1S/C29H36ClF3N4O2/c1-28(19-24(28)20-8-12-23(30)13-9-20)34-14-4-3-5-25(27(39)37-17-15-36(2)16-18-37)35-26(38)21-6-10-22(11-7-21)29(31,32)33/h6-13,24-25,34H,3-5,14-19H2,1-2H3,(H,35,38)/t24-,25-,28+/m0/s1. The van der Waals surface area contributed by atoms with Crippen LogP contribution in [0.3, 0.4) is 0 Å². The van der Waals surface area contributed by atoms with E-state index in [1.165, 1.54) is 5.56 Å². The third kappa shape index (κ3) is 7.74. The number of carbonyl (C=O) groups excluding carboxylic acids is 2. The number of likely N-dealkylation sites (N-methyl/N-ethyl adjacent to an activating group) is 1. The minimum atomic E-state index is -4.48. The highest BCUT2D eigenvalue weighted by molar-refractivity contribution is 6.30. The fourth-order valence-corrected chi connectivity index (χ4v) is 5.27. The number of halogens is 4. The zero-order valence-electron chi connectivity index (χ0n) is 22.4. The lowest BCUT2D eigenvalue weighted by molar-refractivity contribution is -0.137. The quantitative estimate of drug-likeness (QED) is 0.401. The number of hydrogen-bond acceptors (Lipinski definition) is 4. The summed E-state index contributed by atoms with van der Waals surface area (Å²) in [4.78, 5) is 30.1. The molecule has 0 radical (unpaired) electrons. The van der Waals surface area contributed by atoms with Crippen molar-refractivity contribution in [3.8, 4) is 0 Å². The Balaban J connectivity index is 1.31. The Morgan fingerprint density at radius 1 is 1.03 bits per heavy atom. The predicted octanol–water partition coefficient (Wildman–Crippen LogP) is 4.94. The summed E-state index contributed by atoms with van der Waals surface area (Å²) in [6.45, 7) is 5.65. The van der Waals surface area contributed by atoms with E-state index in [1.807, 2.05) is 19.2 Å². The molecule has 6 nitrogen and oxygen atoms in total. The van der Waals surface area contributed by atoms with E-state index >= 15 is 0 Å². The number of nitrogens with zero attached hydrogens (tertiary/aromatic N) is 2. The van der Waals surface area contributed by atoms with Gasteiger partial charge in [-0.1, -0.05) is 23.7 Å². The lowest BCUT2D eigenvalue weighted by Crippen LogP contribution is -2.54. The predicted molar refractivity (Wildman–Crippen MR) is 146 cm³/mol. The number of hydrogen-bond donors (Lipinski definition) is 2. The van der Waals surface area contributed by atoms with Crippen molar-refractivity contribution in [1.29, 1.82) is 0 Å². The zero-order valence-corrected chi connectivity index (χ0v) is 23.1. The summed E-state index contributed by atoms with van der Waals surface area (Å²) in [5.41, 5.74) is 0.563. The van der Waals surface area contributed by atoms with Crippen molar-refractivity contribution >= 4 is 23.4 Å². The Kier molecular flexibility index (Phi) is 9.24. The van der Waals surface area contributed by atoms with Gasteiger partial charge < -0.3 is 20.4 Å². The molecule has 3 atom stereocenters. The lowest BCUT2D eigenvalue weighted by atomic mass is 10.0. The van der Waals surface area contributed by atoms with Gasteiger partial charge in [0.2, 0.25) is 5.91 Å². The number of nitrogens with one attached hydrogen (secondary N) is 2. The van der Waals surface area contributed by atoms with Crippen LogP contribution in [-0.4, -0.2) is 73.0 Å². The molecule has 212 valence electrons. The van der Waals surface area contributed by atoms with Gasteiger partial charge in [0.15, 0.2) is 0 Å². The first kappa shape index (κ1) is 29.4. The van der Waals surface area contributed by atoms with E-state index < -0.39 is 23.7 Å². The fraction of sp³-hybridized carbons (Fsp3) is 0.517. The van der Waals surface area contributed by atoms with Crippen molar-refractivity contribution in [2.45, 2.75) is 56.3 Å². The second-order valence-electron chi connectivity index (χ2n) is 10.9. The fourth-order valence-electron chi connectivity index (χ4n) is 5.15. The molecule has 1 aliphatic carbocycles. The first-order valence-electron chi connectivity index (χ1n) is 13.4. The molecule has 10 heteroatoms. The van der Waals surface area contributed by atoms with E-state index in [4.69, 9.17) is 11.6 Å². The zero-order chi connectivity index (χ0) is 28.2. The third-order valence-corrected chi connectivity index (χ3v) is 8.10. The Morgan fingerprint density at radius 3 is 2.28 bits per heavy atom. The topological polar surface area (TPSA) is 64.7 Å². The van der Waals surface area contributed by atoms with Gasteiger partial charge in [-0.3, -0.25) is 9.59 Å². The van der Waals surface area contributed by atoms with E-state index in [-0.39, 0.29) is 17.0 Å². The molecule has 2 fully saturated rings. The molecule has 0 spiro atoms. The van der Waals surface area contributed by atoms with Crippen LogP contribution in [0.15, 0.2) is 48.5 Å². The molecule has 2 N–H and O–H groups in total. The third-order valence-electron chi connectivity index (χ3n) is 7.85. The van der Waals surface area contributed by atoms with E-state index in [1.54, 1.807) is 4.90 Å². The van der Waals surface area contributed by atoms with Crippen molar-refractivity contribution in [2.24, 2.45) is 0 Å². The van der Waals surface area contributed by atoms with Gasteiger partial charge in [0, 0.05) is 48.2 Å². The molecule has 0 aromatic heterocycles. The van der Waals surface area contributed by atoms with Gasteiger partial charge in [-0.25, -0.2) is 0 Å². The number of benzene rings is 2. The van der Waals surface area contributed by atoms with Gasteiger partial charge in [0.1, 0.15) is 6.04 Å². The van der Waals surface area contributed by atoms with E-state index in [9.17, 15) is 22.8 Å². The molecule has 0 unspecified atom stereocenters. The highest BCUT2D eigenvalue weighted by Gasteiger charge is 2.50. The van der Waals surface area contributed by atoms with Crippen LogP contribution in [0.5, 0.6) is 0 Å². The smallest absolute Gasteiger partial charge is 0.340 e. The van der Waals surface area contributed by atoms with Crippen molar-refractivity contribution in [2.75, 3.05) is 39.8 Å². The summed E-state index contributed by atoms with van der Waals surface area (Å²) in [7, 11) is 2.00. The van der Waals surface area contributed by atoms with Crippen LogP contribution in [0, 0.1) is 0 Å². The first-order chi connectivity index (χ1) is 18.5.